The Morgan fingerprint density at radius 1 is 1.29 bits per heavy atom. The molecule has 0 radical (unpaired) electrons. The predicted molar refractivity (Wildman–Crippen MR) is 59.5 cm³/mol. The van der Waals surface area contributed by atoms with E-state index in [1.54, 1.807) is 0 Å². The van der Waals surface area contributed by atoms with Crippen LogP contribution in [0.2, 0.25) is 0 Å². The van der Waals surface area contributed by atoms with E-state index in [1.165, 1.54) is 0 Å². The third kappa shape index (κ3) is 4.94. The van der Waals surface area contributed by atoms with E-state index in [9.17, 15) is 5.11 Å². The van der Waals surface area contributed by atoms with Gasteiger partial charge in [0.1, 0.15) is 0 Å². The fourth-order valence-corrected chi connectivity index (χ4v) is 1.47. The van der Waals surface area contributed by atoms with Gasteiger partial charge < -0.3 is 14.7 Å². The van der Waals surface area contributed by atoms with Gasteiger partial charge in [-0.1, -0.05) is 13.8 Å². The van der Waals surface area contributed by atoms with Crippen LogP contribution in [0.15, 0.2) is 0 Å². The van der Waals surface area contributed by atoms with Crippen molar-refractivity contribution in [2.24, 2.45) is 0 Å². The molecule has 0 spiro atoms. The second kappa shape index (κ2) is 7.21. The fraction of sp³-hybridized carbons (Fsp3) is 1.00. The van der Waals surface area contributed by atoms with Crippen LogP contribution in [0.25, 0.3) is 0 Å². The van der Waals surface area contributed by atoms with E-state index >= 15 is 0 Å². The average molecular weight is 203 g/mol. The Morgan fingerprint density at radius 2 is 1.79 bits per heavy atom. The minimum atomic E-state index is -0.553. The summed E-state index contributed by atoms with van der Waals surface area (Å²) >= 11 is 0. The minimum Gasteiger partial charge on any atom is -0.387 e. The van der Waals surface area contributed by atoms with Crippen LogP contribution in [0, 0.1) is 0 Å². The molecule has 1 aliphatic heterocycles. The quantitative estimate of drug-likeness (QED) is 0.754. The average Bonchev–Trinajstić information content (AvgIpc) is 2.23. The van der Waals surface area contributed by atoms with Crippen LogP contribution in [-0.4, -0.2) is 49.0 Å². The topological polar surface area (TPSA) is 32.7 Å². The lowest BCUT2D eigenvalue weighted by Crippen LogP contribution is -2.45. The van der Waals surface area contributed by atoms with Gasteiger partial charge in [-0.3, -0.25) is 0 Å². The van der Waals surface area contributed by atoms with Crippen molar-refractivity contribution < 1.29 is 9.84 Å². The Bertz CT molecular complexity index is 126. The number of ether oxygens (including phenoxy) is 1. The largest absolute Gasteiger partial charge is 0.387 e. The van der Waals surface area contributed by atoms with Gasteiger partial charge in [-0.2, -0.15) is 0 Å². The lowest BCUT2D eigenvalue weighted by Gasteiger charge is -2.36. The number of nitrogens with zero attached hydrogens (tertiary/aromatic N) is 1. The molecule has 0 atom stereocenters. The van der Waals surface area contributed by atoms with Gasteiger partial charge in [0.25, 0.3) is 0 Å². The van der Waals surface area contributed by atoms with Crippen molar-refractivity contribution >= 4 is 0 Å². The van der Waals surface area contributed by atoms with Crippen LogP contribution in [0.4, 0.5) is 0 Å². The van der Waals surface area contributed by atoms with Gasteiger partial charge in [-0.05, 0) is 26.8 Å². The summed E-state index contributed by atoms with van der Waals surface area (Å²) in [6.45, 7) is 9.10. The van der Waals surface area contributed by atoms with Crippen molar-refractivity contribution in [2.45, 2.75) is 39.2 Å². The highest BCUT2D eigenvalue weighted by molar-refractivity contribution is 4.84. The maximum Gasteiger partial charge on any atom is 0.0904 e. The molecule has 3 nitrogen and oxygen atoms in total. The first-order chi connectivity index (χ1) is 6.66. The van der Waals surface area contributed by atoms with E-state index in [0.29, 0.717) is 13.2 Å². The molecule has 0 aromatic heterocycles. The van der Waals surface area contributed by atoms with E-state index in [4.69, 9.17) is 4.74 Å². The molecule has 0 aromatic rings. The molecule has 0 aromatic carbocycles. The zero-order valence-corrected chi connectivity index (χ0v) is 10.0. The summed E-state index contributed by atoms with van der Waals surface area (Å²) in [6.07, 6.45) is 1.67. The van der Waals surface area contributed by atoms with Crippen LogP contribution >= 0.6 is 0 Å². The highest BCUT2D eigenvalue weighted by atomic mass is 16.5. The van der Waals surface area contributed by atoms with Crippen LogP contribution < -0.4 is 0 Å². The van der Waals surface area contributed by atoms with Gasteiger partial charge >= 0.3 is 0 Å². The maximum atomic E-state index is 9.97. The first-order valence-corrected chi connectivity index (χ1v) is 5.65. The van der Waals surface area contributed by atoms with Gasteiger partial charge in [-0.15, -0.1) is 0 Å². The van der Waals surface area contributed by atoms with E-state index < -0.39 is 5.60 Å². The second-order valence-corrected chi connectivity index (χ2v) is 3.66. The molecule has 1 N–H and O–H groups in total. The van der Waals surface area contributed by atoms with Crippen molar-refractivity contribution in [1.82, 2.24) is 4.90 Å². The molecule has 0 saturated carbocycles. The summed E-state index contributed by atoms with van der Waals surface area (Å²) in [4.78, 5) is 2.24. The van der Waals surface area contributed by atoms with E-state index in [0.717, 1.165) is 25.9 Å². The maximum absolute atomic E-state index is 9.97. The zero-order valence-electron chi connectivity index (χ0n) is 10.0. The summed E-state index contributed by atoms with van der Waals surface area (Å²) in [5.74, 6) is 0. The number of piperidine rings is 1. The molecule has 0 bridgehead atoms. The third-order valence-electron chi connectivity index (χ3n) is 2.49. The lowest BCUT2D eigenvalue weighted by molar-refractivity contribution is -0.0763. The smallest absolute Gasteiger partial charge is 0.0904 e. The minimum absolute atomic E-state index is 0.497. The first-order valence-electron chi connectivity index (χ1n) is 5.65. The molecule has 0 aliphatic carbocycles. The number of hydrogen-bond acceptors (Lipinski definition) is 3. The van der Waals surface area contributed by atoms with Crippen molar-refractivity contribution in [3.05, 3.63) is 0 Å². The standard InChI is InChI=1S/C9H19NO2.C2H6/c1-3-12-8-9(11)4-6-10(2)7-5-9;1-2/h11H,3-8H2,1-2H3;1-2H3. The summed E-state index contributed by atoms with van der Waals surface area (Å²) in [6, 6.07) is 0. The monoisotopic (exact) mass is 203 g/mol. The van der Waals surface area contributed by atoms with Gasteiger partial charge in [0, 0.05) is 19.7 Å². The summed E-state index contributed by atoms with van der Waals surface area (Å²) in [5, 5.41) is 9.97. The van der Waals surface area contributed by atoms with Crippen LogP contribution in [-0.2, 0) is 4.74 Å². The number of likely N-dealkylation sites (tertiary alicyclic amines) is 1. The van der Waals surface area contributed by atoms with E-state index in [-0.39, 0.29) is 0 Å². The number of rotatable bonds is 3. The molecule has 86 valence electrons. The Labute approximate surface area is 88.1 Å². The molecule has 0 amide bonds. The normalized spacial score (nSPS) is 21.2. The third-order valence-corrected chi connectivity index (χ3v) is 2.49. The number of hydrogen-bond donors (Lipinski definition) is 1. The van der Waals surface area contributed by atoms with Crippen molar-refractivity contribution in [1.29, 1.82) is 0 Å². The predicted octanol–water partition coefficient (Wildman–Crippen LogP) is 1.51. The Morgan fingerprint density at radius 3 is 2.21 bits per heavy atom. The lowest BCUT2D eigenvalue weighted by atomic mass is 9.93. The van der Waals surface area contributed by atoms with Crippen molar-refractivity contribution in [3.63, 3.8) is 0 Å². The molecular weight excluding hydrogens is 178 g/mol. The molecule has 1 saturated heterocycles. The Kier molecular flexibility index (Phi) is 7.15. The summed E-state index contributed by atoms with van der Waals surface area (Å²) in [5.41, 5.74) is -0.553. The van der Waals surface area contributed by atoms with Crippen LogP contribution in [0.5, 0.6) is 0 Å². The van der Waals surface area contributed by atoms with Crippen LogP contribution in [0.3, 0.4) is 0 Å². The van der Waals surface area contributed by atoms with Gasteiger partial charge in [0.05, 0.1) is 12.2 Å². The molecule has 3 heteroatoms. The zero-order chi connectivity index (χ0) is 11.0. The molecule has 1 heterocycles. The second-order valence-electron chi connectivity index (χ2n) is 3.66. The van der Waals surface area contributed by atoms with Gasteiger partial charge in [0.15, 0.2) is 0 Å². The summed E-state index contributed by atoms with van der Waals surface area (Å²) in [7, 11) is 2.08. The molecular formula is C11H25NO2. The van der Waals surface area contributed by atoms with Crippen LogP contribution in [0.1, 0.15) is 33.6 Å². The van der Waals surface area contributed by atoms with Crippen molar-refractivity contribution in [3.8, 4) is 0 Å². The Hall–Kier alpha value is -0.120. The molecule has 1 fully saturated rings. The molecule has 14 heavy (non-hydrogen) atoms. The van der Waals surface area contributed by atoms with Gasteiger partial charge in [0.2, 0.25) is 0 Å². The first kappa shape index (κ1) is 13.9. The fourth-order valence-electron chi connectivity index (χ4n) is 1.47. The van der Waals surface area contributed by atoms with Crippen molar-refractivity contribution in [2.75, 3.05) is 33.4 Å². The SMILES string of the molecule is CC.CCOCC1(O)CCN(C)CC1. The molecule has 1 aliphatic rings. The highest BCUT2D eigenvalue weighted by Gasteiger charge is 2.30. The van der Waals surface area contributed by atoms with E-state index in [2.05, 4.69) is 11.9 Å². The number of aliphatic hydroxyl groups is 1. The Balaban J connectivity index is 0.000000791. The summed E-state index contributed by atoms with van der Waals surface area (Å²) < 4.78 is 5.24. The molecule has 0 unspecified atom stereocenters. The highest BCUT2D eigenvalue weighted by Crippen LogP contribution is 2.21. The molecule has 1 rings (SSSR count). The van der Waals surface area contributed by atoms with Gasteiger partial charge in [-0.25, -0.2) is 0 Å². The van der Waals surface area contributed by atoms with E-state index in [1.807, 2.05) is 20.8 Å².